The Morgan fingerprint density at radius 2 is 1.65 bits per heavy atom. The third kappa shape index (κ3) is 10.2. The Kier molecular flexibility index (Phi) is 10.4. The van der Waals surface area contributed by atoms with E-state index in [2.05, 4.69) is 15.0 Å². The van der Waals surface area contributed by atoms with Gasteiger partial charge in [-0.15, -0.1) is 0 Å². The lowest BCUT2D eigenvalue weighted by atomic mass is 10.0. The van der Waals surface area contributed by atoms with Crippen molar-refractivity contribution in [1.29, 1.82) is 0 Å². The van der Waals surface area contributed by atoms with Gasteiger partial charge in [0.1, 0.15) is 0 Å². The first-order chi connectivity index (χ1) is 15.6. The number of pyridine rings is 1. The fourth-order valence-electron chi connectivity index (χ4n) is 2.88. The summed E-state index contributed by atoms with van der Waals surface area (Å²) < 4.78 is 65.3. The second-order valence-electron chi connectivity index (χ2n) is 7.05. The number of carbonyl (C=O) groups is 2. The van der Waals surface area contributed by atoms with E-state index in [0.717, 1.165) is 31.6 Å². The second-order valence-corrected chi connectivity index (χ2v) is 7.05. The molecule has 15 heteroatoms. The number of aliphatic hydroxyl groups is 1. The van der Waals surface area contributed by atoms with Gasteiger partial charge in [0.2, 0.25) is 0 Å². The van der Waals surface area contributed by atoms with E-state index in [1.807, 2.05) is 43.8 Å². The molecule has 34 heavy (non-hydrogen) atoms. The highest BCUT2D eigenvalue weighted by Crippen LogP contribution is 2.23. The van der Waals surface area contributed by atoms with Gasteiger partial charge in [0, 0.05) is 38.6 Å². The molecule has 1 fully saturated rings. The lowest BCUT2D eigenvalue weighted by Crippen LogP contribution is -2.36. The molecule has 1 saturated heterocycles. The number of nitrogens with zero attached hydrogens (tertiary/aromatic N) is 4. The zero-order valence-electron chi connectivity index (χ0n) is 17.7. The molecule has 9 nitrogen and oxygen atoms in total. The van der Waals surface area contributed by atoms with Gasteiger partial charge in [-0.1, -0.05) is 6.07 Å². The maximum absolute atomic E-state index is 10.6. The highest BCUT2D eigenvalue weighted by atomic mass is 19.4. The van der Waals surface area contributed by atoms with E-state index >= 15 is 0 Å². The van der Waals surface area contributed by atoms with Crippen LogP contribution in [-0.2, 0) is 29.6 Å². The van der Waals surface area contributed by atoms with Crippen LogP contribution in [0.3, 0.4) is 0 Å². The summed E-state index contributed by atoms with van der Waals surface area (Å²) >= 11 is 0. The van der Waals surface area contributed by atoms with Gasteiger partial charge >= 0.3 is 24.3 Å². The molecule has 2 atom stereocenters. The minimum absolute atomic E-state index is 0.154. The summed E-state index contributed by atoms with van der Waals surface area (Å²) in [6.07, 6.45) is -3.05. The molecule has 2 aromatic heterocycles. The van der Waals surface area contributed by atoms with Gasteiger partial charge in [-0.3, -0.25) is 14.6 Å². The molecule has 0 amide bonds. The Bertz CT molecular complexity index is 896. The number of aryl methyl sites for hydroxylation is 1. The first kappa shape index (κ1) is 28.8. The molecule has 0 unspecified atom stereocenters. The van der Waals surface area contributed by atoms with Gasteiger partial charge in [0.05, 0.1) is 18.0 Å². The minimum atomic E-state index is -5.08. The average Bonchev–Trinajstić information content (AvgIpc) is 3.28. The van der Waals surface area contributed by atoms with Crippen molar-refractivity contribution in [3.05, 3.63) is 48.0 Å². The van der Waals surface area contributed by atoms with Crippen LogP contribution in [0.2, 0.25) is 0 Å². The monoisotopic (exact) mass is 500 g/mol. The van der Waals surface area contributed by atoms with Crippen molar-refractivity contribution >= 4 is 11.9 Å². The normalized spacial score (nSPS) is 18.4. The quantitative estimate of drug-likeness (QED) is 0.546. The third-order valence-corrected chi connectivity index (χ3v) is 4.40. The number of likely N-dealkylation sites (tertiary alicyclic amines) is 1. The van der Waals surface area contributed by atoms with Crippen molar-refractivity contribution in [2.45, 2.75) is 43.9 Å². The molecule has 0 aromatic carbocycles. The molecule has 0 radical (unpaired) electrons. The van der Waals surface area contributed by atoms with Crippen molar-refractivity contribution in [2.24, 2.45) is 7.05 Å². The topological polar surface area (TPSA) is 129 Å². The van der Waals surface area contributed by atoms with Gasteiger partial charge in [-0.2, -0.15) is 31.4 Å². The molecule has 0 aliphatic carbocycles. The maximum Gasteiger partial charge on any atom is 0.490 e. The van der Waals surface area contributed by atoms with E-state index in [1.54, 1.807) is 4.68 Å². The molecule has 2 aromatic rings. The van der Waals surface area contributed by atoms with E-state index < -0.39 is 24.3 Å². The summed E-state index contributed by atoms with van der Waals surface area (Å²) in [5, 5.41) is 28.7. The summed E-state index contributed by atoms with van der Waals surface area (Å²) in [7, 11) is 1.92. The van der Waals surface area contributed by atoms with Crippen LogP contribution < -0.4 is 0 Å². The molecule has 3 rings (SSSR count). The zero-order chi connectivity index (χ0) is 26.1. The molecular formula is C19H22F6N4O5. The number of carboxylic acid groups (broad SMARTS) is 2. The number of aromatic nitrogens is 3. The van der Waals surface area contributed by atoms with Crippen LogP contribution >= 0.6 is 0 Å². The Labute approximate surface area is 189 Å². The zero-order valence-corrected chi connectivity index (χ0v) is 17.7. The van der Waals surface area contributed by atoms with Gasteiger partial charge in [0.15, 0.2) is 0 Å². The van der Waals surface area contributed by atoms with Crippen molar-refractivity contribution < 1.29 is 51.3 Å². The van der Waals surface area contributed by atoms with Crippen LogP contribution in [0.25, 0.3) is 0 Å². The summed E-state index contributed by atoms with van der Waals surface area (Å²) in [5.74, 6) is -5.51. The first-order valence-corrected chi connectivity index (χ1v) is 9.51. The van der Waals surface area contributed by atoms with Crippen molar-refractivity contribution in [3.63, 3.8) is 0 Å². The van der Waals surface area contributed by atoms with Crippen LogP contribution in [0.1, 0.15) is 17.7 Å². The number of halogens is 6. The van der Waals surface area contributed by atoms with Gasteiger partial charge in [-0.25, -0.2) is 9.59 Å². The molecule has 0 bridgehead atoms. The Balaban J connectivity index is 0.000000343. The fourth-order valence-corrected chi connectivity index (χ4v) is 2.88. The SMILES string of the molecule is Cn1cc(C[C@H]2[C@H](O)CCN2Cc2ccccn2)cn1.O=C(O)C(F)(F)F.O=C(O)C(F)(F)F. The van der Waals surface area contributed by atoms with E-state index in [1.165, 1.54) is 5.56 Å². The number of alkyl halides is 6. The van der Waals surface area contributed by atoms with E-state index in [9.17, 15) is 31.4 Å². The van der Waals surface area contributed by atoms with Crippen molar-refractivity contribution in [1.82, 2.24) is 19.7 Å². The largest absolute Gasteiger partial charge is 0.490 e. The molecule has 0 saturated carbocycles. The number of rotatable bonds is 4. The van der Waals surface area contributed by atoms with Crippen LogP contribution in [0.4, 0.5) is 26.3 Å². The summed E-state index contributed by atoms with van der Waals surface area (Å²) in [6.45, 7) is 1.71. The predicted octanol–water partition coefficient (Wildman–Crippen LogP) is 2.26. The fraction of sp³-hybridized carbons (Fsp3) is 0.474. The summed E-state index contributed by atoms with van der Waals surface area (Å²) in [5.41, 5.74) is 2.22. The van der Waals surface area contributed by atoms with Crippen LogP contribution in [0.5, 0.6) is 0 Å². The smallest absolute Gasteiger partial charge is 0.475 e. The summed E-state index contributed by atoms with van der Waals surface area (Å²) in [4.78, 5) is 24.5. The van der Waals surface area contributed by atoms with E-state index in [4.69, 9.17) is 19.8 Å². The van der Waals surface area contributed by atoms with Gasteiger partial charge in [-0.05, 0) is 30.5 Å². The third-order valence-electron chi connectivity index (χ3n) is 4.40. The number of hydrogen-bond acceptors (Lipinski definition) is 6. The van der Waals surface area contributed by atoms with Crippen LogP contribution in [0, 0.1) is 0 Å². The Morgan fingerprint density at radius 3 is 2.06 bits per heavy atom. The number of aliphatic carboxylic acids is 2. The first-order valence-electron chi connectivity index (χ1n) is 9.51. The molecular weight excluding hydrogens is 478 g/mol. The molecule has 190 valence electrons. The lowest BCUT2D eigenvalue weighted by Gasteiger charge is -2.25. The molecule has 1 aliphatic rings. The standard InChI is InChI=1S/C15H20N4O.2C2HF3O2/c1-18-10-12(9-17-18)8-14-15(20)5-7-19(14)11-13-4-2-3-6-16-13;2*3-2(4,5)1(6)7/h2-4,6,9-10,14-15,20H,5,7-8,11H2,1H3;2*(H,6,7)/t14-,15+;;/m0../s1. The van der Waals surface area contributed by atoms with E-state index in [0.29, 0.717) is 0 Å². The molecule has 3 heterocycles. The maximum atomic E-state index is 10.6. The Morgan fingerprint density at radius 1 is 1.09 bits per heavy atom. The average molecular weight is 500 g/mol. The molecule has 0 spiro atoms. The highest BCUT2D eigenvalue weighted by molar-refractivity contribution is 5.73. The number of hydrogen-bond donors (Lipinski definition) is 3. The highest BCUT2D eigenvalue weighted by Gasteiger charge is 2.39. The number of carboxylic acids is 2. The van der Waals surface area contributed by atoms with Crippen molar-refractivity contribution in [2.75, 3.05) is 6.54 Å². The van der Waals surface area contributed by atoms with Crippen LogP contribution in [-0.4, -0.2) is 78.0 Å². The van der Waals surface area contributed by atoms with Crippen LogP contribution in [0.15, 0.2) is 36.8 Å². The number of aliphatic hydroxyl groups excluding tert-OH is 1. The predicted molar refractivity (Wildman–Crippen MR) is 103 cm³/mol. The molecule has 1 aliphatic heterocycles. The van der Waals surface area contributed by atoms with Gasteiger partial charge < -0.3 is 15.3 Å². The lowest BCUT2D eigenvalue weighted by molar-refractivity contribution is -0.193. The van der Waals surface area contributed by atoms with Crippen molar-refractivity contribution in [3.8, 4) is 0 Å². The Hall–Kier alpha value is -3.20. The van der Waals surface area contributed by atoms with E-state index in [-0.39, 0.29) is 12.1 Å². The summed E-state index contributed by atoms with van der Waals surface area (Å²) in [6, 6.07) is 6.12. The second kappa shape index (κ2) is 12.3. The van der Waals surface area contributed by atoms with Gasteiger partial charge in [0.25, 0.3) is 0 Å². The molecule has 3 N–H and O–H groups in total. The minimum Gasteiger partial charge on any atom is -0.475 e.